The van der Waals surface area contributed by atoms with Crippen molar-refractivity contribution in [2.45, 2.75) is 18.9 Å². The number of nitrogens with zero attached hydrogens (tertiary/aromatic N) is 1. The second-order valence-corrected chi connectivity index (χ2v) is 4.69. The summed E-state index contributed by atoms with van der Waals surface area (Å²) in [6.45, 7) is 1.34. The predicted octanol–water partition coefficient (Wildman–Crippen LogP) is 1.27. The molecule has 0 saturated carbocycles. The number of amides is 1. The zero-order valence-corrected chi connectivity index (χ0v) is 11.4. The Labute approximate surface area is 113 Å². The number of hydrogen-bond acceptors (Lipinski definition) is 4. The highest BCUT2D eigenvalue weighted by atomic mass is 16.5. The van der Waals surface area contributed by atoms with Crippen molar-refractivity contribution in [2.24, 2.45) is 5.73 Å². The molecule has 1 saturated heterocycles. The van der Waals surface area contributed by atoms with Gasteiger partial charge in [0, 0.05) is 19.1 Å². The van der Waals surface area contributed by atoms with Gasteiger partial charge < -0.3 is 20.1 Å². The van der Waals surface area contributed by atoms with Crippen molar-refractivity contribution in [2.75, 3.05) is 27.3 Å². The molecule has 0 aliphatic carbocycles. The molecule has 0 radical (unpaired) electrons. The number of benzene rings is 1. The normalized spacial score (nSPS) is 19.1. The number of carbonyl (C=O) groups excluding carboxylic acids is 1. The molecule has 0 aromatic heterocycles. The lowest BCUT2D eigenvalue weighted by molar-refractivity contribution is 0.0704. The number of para-hydroxylation sites is 1. The minimum Gasteiger partial charge on any atom is -0.493 e. The summed E-state index contributed by atoms with van der Waals surface area (Å²) in [6.07, 6.45) is 1.91. The average molecular weight is 264 g/mol. The first-order valence-corrected chi connectivity index (χ1v) is 6.43. The Morgan fingerprint density at radius 3 is 2.79 bits per heavy atom. The van der Waals surface area contributed by atoms with E-state index in [9.17, 15) is 4.79 Å². The van der Waals surface area contributed by atoms with Crippen LogP contribution in [0.4, 0.5) is 0 Å². The van der Waals surface area contributed by atoms with E-state index < -0.39 is 0 Å². The van der Waals surface area contributed by atoms with Crippen LogP contribution in [-0.4, -0.2) is 44.2 Å². The Kier molecular flexibility index (Phi) is 4.27. The summed E-state index contributed by atoms with van der Waals surface area (Å²) in [6, 6.07) is 5.38. The molecule has 0 spiro atoms. The SMILES string of the molecule is COc1cccc(C(=O)N2CCCC(N)C2)c1OC. The summed E-state index contributed by atoms with van der Waals surface area (Å²) in [4.78, 5) is 14.3. The summed E-state index contributed by atoms with van der Waals surface area (Å²) >= 11 is 0. The van der Waals surface area contributed by atoms with Crippen LogP contribution in [0, 0.1) is 0 Å². The molecule has 1 aliphatic rings. The van der Waals surface area contributed by atoms with Crippen LogP contribution < -0.4 is 15.2 Å². The first-order chi connectivity index (χ1) is 9.17. The minimum absolute atomic E-state index is 0.0501. The molecule has 1 unspecified atom stereocenters. The molecule has 1 aromatic rings. The Hall–Kier alpha value is -1.75. The number of nitrogens with two attached hydrogens (primary N) is 1. The number of methoxy groups -OCH3 is 2. The van der Waals surface area contributed by atoms with Crippen LogP contribution in [0.2, 0.25) is 0 Å². The van der Waals surface area contributed by atoms with E-state index in [0.717, 1.165) is 19.4 Å². The summed E-state index contributed by atoms with van der Waals surface area (Å²) < 4.78 is 10.5. The number of carbonyl (C=O) groups is 1. The molecule has 1 heterocycles. The van der Waals surface area contributed by atoms with Gasteiger partial charge in [0.15, 0.2) is 11.5 Å². The molecular formula is C14H20N2O3. The van der Waals surface area contributed by atoms with Crippen LogP contribution in [0.1, 0.15) is 23.2 Å². The predicted molar refractivity (Wildman–Crippen MR) is 72.7 cm³/mol. The molecule has 0 bridgehead atoms. The van der Waals surface area contributed by atoms with Gasteiger partial charge in [0.05, 0.1) is 19.8 Å². The van der Waals surface area contributed by atoms with Crippen LogP contribution in [0.3, 0.4) is 0 Å². The zero-order valence-electron chi connectivity index (χ0n) is 11.4. The van der Waals surface area contributed by atoms with E-state index in [1.54, 1.807) is 30.2 Å². The molecule has 1 aromatic carbocycles. The second-order valence-electron chi connectivity index (χ2n) is 4.69. The third-order valence-electron chi connectivity index (χ3n) is 3.38. The van der Waals surface area contributed by atoms with E-state index in [0.29, 0.717) is 23.6 Å². The molecule has 1 aliphatic heterocycles. The van der Waals surface area contributed by atoms with E-state index in [2.05, 4.69) is 0 Å². The van der Waals surface area contributed by atoms with E-state index >= 15 is 0 Å². The number of rotatable bonds is 3. The quantitative estimate of drug-likeness (QED) is 0.893. The molecule has 104 valence electrons. The van der Waals surface area contributed by atoms with Crippen LogP contribution >= 0.6 is 0 Å². The Balaban J connectivity index is 2.28. The fourth-order valence-corrected chi connectivity index (χ4v) is 2.42. The molecule has 2 N–H and O–H groups in total. The molecule has 1 atom stereocenters. The largest absolute Gasteiger partial charge is 0.493 e. The fraction of sp³-hybridized carbons (Fsp3) is 0.500. The number of ether oxygens (including phenoxy) is 2. The van der Waals surface area contributed by atoms with Crippen molar-refractivity contribution < 1.29 is 14.3 Å². The monoisotopic (exact) mass is 264 g/mol. The number of piperidine rings is 1. The van der Waals surface area contributed by atoms with E-state index in [-0.39, 0.29) is 11.9 Å². The molecule has 2 rings (SSSR count). The lowest BCUT2D eigenvalue weighted by Gasteiger charge is -2.31. The average Bonchev–Trinajstić information content (AvgIpc) is 2.45. The Morgan fingerprint density at radius 1 is 1.37 bits per heavy atom. The minimum atomic E-state index is -0.0501. The summed E-state index contributed by atoms with van der Waals surface area (Å²) in [5.74, 6) is 0.995. The summed E-state index contributed by atoms with van der Waals surface area (Å²) in [7, 11) is 3.10. The van der Waals surface area contributed by atoms with Gasteiger partial charge in [0.2, 0.25) is 0 Å². The van der Waals surface area contributed by atoms with Gasteiger partial charge in [0.1, 0.15) is 0 Å². The maximum Gasteiger partial charge on any atom is 0.257 e. The molecule has 5 nitrogen and oxygen atoms in total. The summed E-state index contributed by atoms with van der Waals surface area (Å²) in [5, 5.41) is 0. The molecule has 19 heavy (non-hydrogen) atoms. The Morgan fingerprint density at radius 2 is 2.16 bits per heavy atom. The lowest BCUT2D eigenvalue weighted by Crippen LogP contribution is -2.45. The van der Waals surface area contributed by atoms with Crippen LogP contribution in [-0.2, 0) is 0 Å². The van der Waals surface area contributed by atoms with Crippen molar-refractivity contribution >= 4 is 5.91 Å². The van der Waals surface area contributed by atoms with Gasteiger partial charge in [-0.05, 0) is 25.0 Å². The van der Waals surface area contributed by atoms with E-state index in [1.807, 2.05) is 0 Å². The van der Waals surface area contributed by atoms with Gasteiger partial charge in [-0.1, -0.05) is 6.07 Å². The number of hydrogen-bond donors (Lipinski definition) is 1. The number of likely N-dealkylation sites (tertiary alicyclic amines) is 1. The van der Waals surface area contributed by atoms with Gasteiger partial charge in [-0.25, -0.2) is 0 Å². The third-order valence-corrected chi connectivity index (χ3v) is 3.38. The van der Waals surface area contributed by atoms with Crippen molar-refractivity contribution in [1.82, 2.24) is 4.90 Å². The van der Waals surface area contributed by atoms with Gasteiger partial charge in [0.25, 0.3) is 5.91 Å². The first-order valence-electron chi connectivity index (χ1n) is 6.43. The van der Waals surface area contributed by atoms with Gasteiger partial charge in [-0.3, -0.25) is 4.79 Å². The highest BCUT2D eigenvalue weighted by Crippen LogP contribution is 2.31. The maximum absolute atomic E-state index is 12.5. The highest BCUT2D eigenvalue weighted by Gasteiger charge is 2.25. The van der Waals surface area contributed by atoms with Crippen molar-refractivity contribution in [3.63, 3.8) is 0 Å². The van der Waals surface area contributed by atoms with Gasteiger partial charge >= 0.3 is 0 Å². The molecular weight excluding hydrogens is 244 g/mol. The van der Waals surface area contributed by atoms with Gasteiger partial charge in [-0.2, -0.15) is 0 Å². The van der Waals surface area contributed by atoms with Crippen molar-refractivity contribution in [3.05, 3.63) is 23.8 Å². The first kappa shape index (κ1) is 13.7. The standard InChI is InChI=1S/C14H20N2O3/c1-18-12-7-3-6-11(13(12)19-2)14(17)16-8-4-5-10(15)9-16/h3,6-7,10H,4-5,8-9,15H2,1-2H3. The van der Waals surface area contributed by atoms with E-state index in [4.69, 9.17) is 15.2 Å². The van der Waals surface area contributed by atoms with Crippen molar-refractivity contribution in [3.8, 4) is 11.5 Å². The Bertz CT molecular complexity index is 462. The summed E-state index contributed by atoms with van der Waals surface area (Å²) in [5.41, 5.74) is 6.44. The fourth-order valence-electron chi connectivity index (χ4n) is 2.42. The van der Waals surface area contributed by atoms with Gasteiger partial charge in [-0.15, -0.1) is 0 Å². The highest BCUT2D eigenvalue weighted by molar-refractivity contribution is 5.97. The second kappa shape index (κ2) is 5.93. The molecule has 5 heteroatoms. The van der Waals surface area contributed by atoms with Crippen molar-refractivity contribution in [1.29, 1.82) is 0 Å². The van der Waals surface area contributed by atoms with Crippen LogP contribution in [0.5, 0.6) is 11.5 Å². The smallest absolute Gasteiger partial charge is 0.257 e. The lowest BCUT2D eigenvalue weighted by atomic mass is 10.0. The molecule has 1 fully saturated rings. The zero-order chi connectivity index (χ0) is 13.8. The van der Waals surface area contributed by atoms with Crippen LogP contribution in [0.25, 0.3) is 0 Å². The maximum atomic E-state index is 12.5. The van der Waals surface area contributed by atoms with Crippen LogP contribution in [0.15, 0.2) is 18.2 Å². The topological polar surface area (TPSA) is 64.8 Å². The third kappa shape index (κ3) is 2.81. The van der Waals surface area contributed by atoms with E-state index in [1.165, 1.54) is 7.11 Å². The molecule has 1 amide bonds.